The number of aromatic nitrogens is 3. The summed E-state index contributed by atoms with van der Waals surface area (Å²) < 4.78 is 6.16. The van der Waals surface area contributed by atoms with Crippen molar-refractivity contribution < 1.29 is 9.84 Å². The van der Waals surface area contributed by atoms with E-state index < -0.39 is 0 Å². The van der Waals surface area contributed by atoms with Crippen LogP contribution in [0.4, 0.5) is 0 Å². The summed E-state index contributed by atoms with van der Waals surface area (Å²) >= 11 is 6.27. The van der Waals surface area contributed by atoms with Gasteiger partial charge in [0.2, 0.25) is 0 Å². The summed E-state index contributed by atoms with van der Waals surface area (Å²) in [5, 5.41) is 18.9. The molecule has 5 rings (SSSR count). The monoisotopic (exact) mass is 504 g/mol. The molecule has 2 aromatic heterocycles. The fourth-order valence-electron chi connectivity index (χ4n) is 4.38. The van der Waals surface area contributed by atoms with E-state index in [9.17, 15) is 5.11 Å². The van der Waals surface area contributed by atoms with Gasteiger partial charge in [-0.2, -0.15) is 5.10 Å². The van der Waals surface area contributed by atoms with Crippen LogP contribution in [0.3, 0.4) is 0 Å². The van der Waals surface area contributed by atoms with Gasteiger partial charge in [0.25, 0.3) is 0 Å². The number of nitrogens with zero attached hydrogens (tertiary/aromatic N) is 3. The zero-order valence-corrected chi connectivity index (χ0v) is 21.7. The molecule has 2 N–H and O–H groups in total. The second-order valence-electron chi connectivity index (χ2n) is 8.73. The molecule has 1 fully saturated rings. The lowest BCUT2D eigenvalue weighted by molar-refractivity contribution is 0.175. The van der Waals surface area contributed by atoms with Gasteiger partial charge >= 0.3 is 0 Å². The van der Waals surface area contributed by atoms with Crippen molar-refractivity contribution in [1.82, 2.24) is 20.1 Å². The normalized spacial score (nSPS) is 16.8. The molecule has 4 aromatic rings. The number of aliphatic hydroxyl groups is 1. The molecule has 0 radical (unpaired) electrons. The predicted molar refractivity (Wildman–Crippen MR) is 147 cm³/mol. The van der Waals surface area contributed by atoms with Gasteiger partial charge in [-0.15, -0.1) is 0 Å². The molecule has 3 heterocycles. The summed E-state index contributed by atoms with van der Waals surface area (Å²) in [5.41, 5.74) is 5.04. The molecule has 0 spiro atoms. The van der Waals surface area contributed by atoms with Crippen LogP contribution in [0.2, 0.25) is 5.02 Å². The van der Waals surface area contributed by atoms with Crippen LogP contribution >= 0.6 is 11.6 Å². The van der Waals surface area contributed by atoms with Crippen molar-refractivity contribution in [3.8, 4) is 5.75 Å². The van der Waals surface area contributed by atoms with E-state index in [1.807, 2.05) is 51.1 Å². The van der Waals surface area contributed by atoms with Crippen LogP contribution in [0.15, 0.2) is 60.9 Å². The third kappa shape index (κ3) is 6.32. The Morgan fingerprint density at radius 1 is 1.19 bits per heavy atom. The Morgan fingerprint density at radius 3 is 2.83 bits per heavy atom. The zero-order chi connectivity index (χ0) is 25.5. The summed E-state index contributed by atoms with van der Waals surface area (Å²) in [4.78, 5) is 6.33. The number of aliphatic hydroxyl groups excluding tert-OH is 1. The molecule has 1 saturated heterocycles. The van der Waals surface area contributed by atoms with Crippen LogP contribution in [-0.2, 0) is 6.54 Å². The van der Waals surface area contributed by atoms with Crippen LogP contribution in [-0.4, -0.2) is 44.4 Å². The molecule has 188 valence electrons. The van der Waals surface area contributed by atoms with Crippen molar-refractivity contribution >= 4 is 34.7 Å². The standard InChI is InChI=1S/C27H27ClN4O2.C2H6/c1-18(23-9-11-29-15-25(23)28)34-22-6-8-27-24(14-22)26(30-31-27)7-5-19-3-2-4-20(13-19)16-32-12-10-21(33)17-32;1-2/h2-9,11,13-15,18,21,33H,10,12,16-17H2,1H3,(H,30,31);1-2H3/b7-5+;/t18-,21?;/m1./s1. The number of hydrogen-bond donors (Lipinski definition) is 2. The van der Waals surface area contributed by atoms with Crippen molar-refractivity contribution in [3.05, 3.63) is 88.3 Å². The van der Waals surface area contributed by atoms with E-state index in [-0.39, 0.29) is 12.2 Å². The summed E-state index contributed by atoms with van der Waals surface area (Å²) in [6.07, 6.45) is 7.88. The molecule has 0 amide bonds. The summed E-state index contributed by atoms with van der Waals surface area (Å²) in [6.45, 7) is 8.51. The molecule has 1 aliphatic rings. The van der Waals surface area contributed by atoms with E-state index >= 15 is 0 Å². The topological polar surface area (TPSA) is 74.3 Å². The van der Waals surface area contributed by atoms with E-state index in [0.717, 1.165) is 59.5 Å². The highest BCUT2D eigenvalue weighted by molar-refractivity contribution is 6.31. The minimum Gasteiger partial charge on any atom is -0.486 e. The quantitative estimate of drug-likeness (QED) is 0.300. The average molecular weight is 505 g/mol. The highest BCUT2D eigenvalue weighted by atomic mass is 35.5. The van der Waals surface area contributed by atoms with E-state index in [4.69, 9.17) is 16.3 Å². The Labute approximate surface area is 217 Å². The number of halogens is 1. The molecular weight excluding hydrogens is 472 g/mol. The van der Waals surface area contributed by atoms with Gasteiger partial charge in [-0.1, -0.05) is 55.8 Å². The molecule has 1 unspecified atom stereocenters. The Morgan fingerprint density at radius 2 is 2.06 bits per heavy atom. The third-order valence-electron chi connectivity index (χ3n) is 6.16. The van der Waals surface area contributed by atoms with Crippen molar-refractivity contribution in [1.29, 1.82) is 0 Å². The molecule has 2 atom stereocenters. The first-order chi connectivity index (χ1) is 17.5. The lowest BCUT2D eigenvalue weighted by Crippen LogP contribution is -2.21. The lowest BCUT2D eigenvalue weighted by Gasteiger charge is -2.16. The highest BCUT2D eigenvalue weighted by Gasteiger charge is 2.19. The highest BCUT2D eigenvalue weighted by Crippen LogP contribution is 2.29. The van der Waals surface area contributed by atoms with Gasteiger partial charge in [0.05, 0.1) is 22.3 Å². The Balaban J connectivity index is 0.00000148. The minimum atomic E-state index is -0.210. The fraction of sp³-hybridized carbons (Fsp3) is 0.310. The number of nitrogens with one attached hydrogen (secondary N) is 1. The number of likely N-dealkylation sites (tertiary alicyclic amines) is 1. The number of ether oxygens (including phenoxy) is 1. The van der Waals surface area contributed by atoms with Gasteiger partial charge < -0.3 is 9.84 Å². The van der Waals surface area contributed by atoms with E-state index in [1.165, 1.54) is 5.56 Å². The number of fused-ring (bicyclic) bond motifs is 1. The van der Waals surface area contributed by atoms with Crippen LogP contribution in [0.25, 0.3) is 23.1 Å². The number of aromatic amines is 1. The van der Waals surface area contributed by atoms with Crippen molar-refractivity contribution in [3.63, 3.8) is 0 Å². The number of H-pyrrole nitrogens is 1. The van der Waals surface area contributed by atoms with E-state index in [0.29, 0.717) is 5.02 Å². The second kappa shape index (κ2) is 12.2. The van der Waals surface area contributed by atoms with Gasteiger partial charge in [0.15, 0.2) is 0 Å². The van der Waals surface area contributed by atoms with Crippen molar-refractivity contribution in [2.75, 3.05) is 13.1 Å². The maximum absolute atomic E-state index is 9.77. The number of hydrogen-bond acceptors (Lipinski definition) is 5. The van der Waals surface area contributed by atoms with Gasteiger partial charge in [0, 0.05) is 43.0 Å². The fourth-order valence-corrected chi connectivity index (χ4v) is 4.65. The number of rotatable bonds is 7. The van der Waals surface area contributed by atoms with Gasteiger partial charge in [-0.3, -0.25) is 15.0 Å². The van der Waals surface area contributed by atoms with Crippen LogP contribution in [0.1, 0.15) is 55.7 Å². The van der Waals surface area contributed by atoms with Gasteiger partial charge in [-0.25, -0.2) is 0 Å². The molecule has 0 saturated carbocycles. The molecule has 1 aliphatic heterocycles. The zero-order valence-electron chi connectivity index (χ0n) is 21.0. The van der Waals surface area contributed by atoms with Crippen LogP contribution in [0.5, 0.6) is 5.75 Å². The number of benzene rings is 2. The van der Waals surface area contributed by atoms with Crippen molar-refractivity contribution in [2.24, 2.45) is 0 Å². The van der Waals surface area contributed by atoms with Crippen LogP contribution < -0.4 is 4.74 Å². The summed E-state index contributed by atoms with van der Waals surface area (Å²) in [6, 6.07) is 16.2. The van der Waals surface area contributed by atoms with Crippen LogP contribution in [0, 0.1) is 0 Å². The van der Waals surface area contributed by atoms with Gasteiger partial charge in [0.1, 0.15) is 11.9 Å². The predicted octanol–water partition coefficient (Wildman–Crippen LogP) is 6.51. The molecule has 6 nitrogen and oxygen atoms in total. The minimum absolute atomic E-state index is 0.199. The lowest BCUT2D eigenvalue weighted by atomic mass is 10.1. The SMILES string of the molecule is CC.C[C@@H](Oc1ccc2[nH]nc(/C=C/c3cccc(CN4CCC(O)C4)c3)c2c1)c1ccncc1Cl. The van der Waals surface area contributed by atoms with E-state index in [2.05, 4.69) is 50.4 Å². The molecule has 36 heavy (non-hydrogen) atoms. The Hall–Kier alpha value is -3.19. The average Bonchev–Trinajstić information content (AvgIpc) is 3.49. The third-order valence-corrected chi connectivity index (χ3v) is 6.47. The first-order valence-electron chi connectivity index (χ1n) is 12.5. The van der Waals surface area contributed by atoms with E-state index in [1.54, 1.807) is 12.4 Å². The van der Waals surface area contributed by atoms with Gasteiger partial charge in [-0.05, 0) is 54.8 Å². The number of β-amino-alcohol motifs (C(OH)–C–C–N with tert-alkyl or cyclic N) is 1. The van der Waals surface area contributed by atoms with Crippen molar-refractivity contribution in [2.45, 2.75) is 45.9 Å². The Bertz CT molecular complexity index is 1320. The molecular formula is C29H33ClN4O2. The number of pyridine rings is 1. The maximum Gasteiger partial charge on any atom is 0.122 e. The summed E-state index contributed by atoms with van der Waals surface area (Å²) in [7, 11) is 0. The Kier molecular flexibility index (Phi) is 8.75. The molecule has 0 bridgehead atoms. The molecule has 2 aromatic carbocycles. The first-order valence-corrected chi connectivity index (χ1v) is 12.8. The molecule has 7 heteroatoms. The largest absolute Gasteiger partial charge is 0.486 e. The smallest absolute Gasteiger partial charge is 0.122 e. The summed E-state index contributed by atoms with van der Waals surface area (Å²) in [5.74, 6) is 0.749. The second-order valence-corrected chi connectivity index (χ2v) is 9.14. The first kappa shape index (κ1) is 25.9. The maximum atomic E-state index is 9.77. The molecule has 0 aliphatic carbocycles.